The summed E-state index contributed by atoms with van der Waals surface area (Å²) in [4.78, 5) is 21.5. The van der Waals surface area contributed by atoms with Crippen LogP contribution in [0.4, 0.5) is 0 Å². The van der Waals surface area contributed by atoms with Crippen molar-refractivity contribution in [2.75, 3.05) is 26.2 Å². The van der Waals surface area contributed by atoms with Gasteiger partial charge in [-0.1, -0.05) is 5.16 Å². The number of carbonyl (C=O) groups is 1. The largest absolute Gasteiger partial charge is 0.369 e. The Morgan fingerprint density at radius 2 is 1.96 bits per heavy atom. The number of amides is 1. The zero-order chi connectivity index (χ0) is 19.1. The Balaban J connectivity index is 1.43. The molecular weight excluding hydrogens is 348 g/mol. The maximum atomic E-state index is 13.1. The molecule has 2 aromatic heterocycles. The Labute approximate surface area is 158 Å². The highest BCUT2D eigenvalue weighted by atomic mass is 16.5. The predicted octanol–water partition coefficient (Wildman–Crippen LogP) is 1.09. The first-order valence-electron chi connectivity index (χ1n) is 9.44. The van der Waals surface area contributed by atoms with E-state index in [2.05, 4.69) is 20.1 Å². The SMILES string of the molecule is Cc1noc(CN2CCN(C(=O)c3nn(C)c4c3C[C@@H](C)O[C@H]4C)CC2)n1. The molecule has 0 unspecified atom stereocenters. The Morgan fingerprint density at radius 3 is 2.63 bits per heavy atom. The van der Waals surface area contributed by atoms with E-state index in [0.29, 0.717) is 37.0 Å². The predicted molar refractivity (Wildman–Crippen MR) is 96.1 cm³/mol. The number of aromatic nitrogens is 4. The van der Waals surface area contributed by atoms with E-state index in [4.69, 9.17) is 9.26 Å². The van der Waals surface area contributed by atoms with Gasteiger partial charge in [-0.15, -0.1) is 0 Å². The van der Waals surface area contributed by atoms with Gasteiger partial charge in [0.05, 0.1) is 24.4 Å². The molecule has 4 rings (SSSR count). The third-order valence-corrected chi connectivity index (χ3v) is 5.30. The van der Waals surface area contributed by atoms with Gasteiger partial charge in [0, 0.05) is 45.2 Å². The molecule has 0 bridgehead atoms. The number of carbonyl (C=O) groups excluding carboxylic acids is 1. The van der Waals surface area contributed by atoms with Gasteiger partial charge in [-0.05, 0) is 20.8 Å². The molecule has 1 saturated heterocycles. The summed E-state index contributed by atoms with van der Waals surface area (Å²) in [6.45, 7) is 9.37. The molecule has 2 atom stereocenters. The van der Waals surface area contributed by atoms with Crippen molar-refractivity contribution in [2.45, 2.75) is 45.9 Å². The number of rotatable bonds is 3. The molecule has 0 N–H and O–H groups in total. The molecule has 0 radical (unpaired) electrons. The van der Waals surface area contributed by atoms with Gasteiger partial charge >= 0.3 is 0 Å². The number of aryl methyl sites for hydroxylation is 2. The normalized spacial score (nSPS) is 23.5. The zero-order valence-electron chi connectivity index (χ0n) is 16.3. The summed E-state index contributed by atoms with van der Waals surface area (Å²) in [6.07, 6.45) is 0.779. The molecule has 2 aliphatic heterocycles. The molecule has 0 aromatic carbocycles. The number of ether oxygens (including phenoxy) is 1. The van der Waals surface area contributed by atoms with Crippen molar-refractivity contribution >= 4 is 5.91 Å². The van der Waals surface area contributed by atoms with E-state index in [9.17, 15) is 4.79 Å². The number of piperazine rings is 1. The molecule has 2 aliphatic rings. The van der Waals surface area contributed by atoms with Crippen molar-refractivity contribution in [1.29, 1.82) is 0 Å². The van der Waals surface area contributed by atoms with Crippen LogP contribution in [0.1, 0.15) is 53.4 Å². The number of fused-ring (bicyclic) bond motifs is 1. The standard InChI is InChI=1S/C18H26N6O3/c1-11-9-14-16(20-22(4)17(14)12(2)26-11)18(25)24-7-5-23(6-8-24)10-15-19-13(3)21-27-15/h11-12H,5-10H2,1-4H3/t11-,12+/m1/s1. The number of nitrogens with zero attached hydrogens (tertiary/aromatic N) is 6. The van der Waals surface area contributed by atoms with Crippen LogP contribution in [-0.2, 0) is 24.8 Å². The fraction of sp³-hybridized carbons (Fsp3) is 0.667. The molecule has 0 aliphatic carbocycles. The number of hydrogen-bond donors (Lipinski definition) is 0. The fourth-order valence-electron chi connectivity index (χ4n) is 4.07. The van der Waals surface area contributed by atoms with Crippen molar-refractivity contribution in [1.82, 2.24) is 29.7 Å². The molecule has 1 fully saturated rings. The lowest BCUT2D eigenvalue weighted by Gasteiger charge is -2.34. The Hall–Kier alpha value is -2.26. The summed E-state index contributed by atoms with van der Waals surface area (Å²) < 4.78 is 12.9. The Morgan fingerprint density at radius 1 is 1.22 bits per heavy atom. The summed E-state index contributed by atoms with van der Waals surface area (Å²) >= 11 is 0. The maximum Gasteiger partial charge on any atom is 0.274 e. The fourth-order valence-corrected chi connectivity index (χ4v) is 4.07. The van der Waals surface area contributed by atoms with E-state index >= 15 is 0 Å². The molecule has 27 heavy (non-hydrogen) atoms. The molecule has 146 valence electrons. The van der Waals surface area contributed by atoms with Crippen molar-refractivity contribution in [3.63, 3.8) is 0 Å². The molecule has 2 aromatic rings. The topological polar surface area (TPSA) is 89.5 Å². The van der Waals surface area contributed by atoms with Gasteiger partial charge in [0.25, 0.3) is 5.91 Å². The van der Waals surface area contributed by atoms with E-state index in [1.54, 1.807) is 4.68 Å². The van der Waals surface area contributed by atoms with Gasteiger partial charge in [-0.2, -0.15) is 10.1 Å². The quantitative estimate of drug-likeness (QED) is 0.794. The van der Waals surface area contributed by atoms with Gasteiger partial charge in [0.2, 0.25) is 5.89 Å². The van der Waals surface area contributed by atoms with Crippen LogP contribution in [0.3, 0.4) is 0 Å². The molecular formula is C18H26N6O3. The van der Waals surface area contributed by atoms with E-state index in [1.165, 1.54) is 0 Å². The van der Waals surface area contributed by atoms with E-state index in [1.807, 2.05) is 32.7 Å². The highest BCUT2D eigenvalue weighted by Gasteiger charge is 2.33. The maximum absolute atomic E-state index is 13.1. The van der Waals surface area contributed by atoms with Gasteiger partial charge in [0.1, 0.15) is 0 Å². The first-order valence-corrected chi connectivity index (χ1v) is 9.44. The Bertz CT molecular complexity index is 836. The van der Waals surface area contributed by atoms with E-state index in [0.717, 1.165) is 30.8 Å². The van der Waals surface area contributed by atoms with Crippen LogP contribution in [-0.4, -0.2) is 67.9 Å². The lowest BCUT2D eigenvalue weighted by molar-refractivity contribution is -0.00908. The first kappa shape index (κ1) is 18.1. The van der Waals surface area contributed by atoms with Crippen LogP contribution in [0, 0.1) is 6.92 Å². The van der Waals surface area contributed by atoms with Crippen molar-refractivity contribution in [2.24, 2.45) is 7.05 Å². The van der Waals surface area contributed by atoms with Crippen LogP contribution in [0.25, 0.3) is 0 Å². The van der Waals surface area contributed by atoms with Crippen LogP contribution < -0.4 is 0 Å². The smallest absolute Gasteiger partial charge is 0.274 e. The minimum atomic E-state index is -0.0440. The second kappa shape index (κ2) is 7.05. The molecule has 4 heterocycles. The third kappa shape index (κ3) is 3.49. The average Bonchev–Trinajstić information content (AvgIpc) is 3.18. The van der Waals surface area contributed by atoms with Gasteiger partial charge in [-0.3, -0.25) is 14.4 Å². The monoisotopic (exact) mass is 374 g/mol. The summed E-state index contributed by atoms with van der Waals surface area (Å²) in [5.74, 6) is 1.28. The van der Waals surface area contributed by atoms with Crippen molar-refractivity contribution < 1.29 is 14.1 Å². The van der Waals surface area contributed by atoms with E-state index in [-0.39, 0.29) is 18.1 Å². The van der Waals surface area contributed by atoms with Crippen LogP contribution >= 0.6 is 0 Å². The minimum absolute atomic E-state index is 0.0152. The molecule has 9 nitrogen and oxygen atoms in total. The highest BCUT2D eigenvalue weighted by molar-refractivity contribution is 5.94. The van der Waals surface area contributed by atoms with Crippen molar-refractivity contribution in [3.05, 3.63) is 28.7 Å². The van der Waals surface area contributed by atoms with Crippen molar-refractivity contribution in [3.8, 4) is 0 Å². The molecule has 0 spiro atoms. The minimum Gasteiger partial charge on any atom is -0.369 e. The molecule has 9 heteroatoms. The zero-order valence-corrected chi connectivity index (χ0v) is 16.3. The van der Waals surface area contributed by atoms with Gasteiger partial charge in [0.15, 0.2) is 11.5 Å². The number of hydrogen-bond acceptors (Lipinski definition) is 7. The van der Waals surface area contributed by atoms with E-state index < -0.39 is 0 Å². The highest BCUT2D eigenvalue weighted by Crippen LogP contribution is 2.32. The molecule has 1 amide bonds. The Kier molecular flexibility index (Phi) is 4.73. The molecule has 0 saturated carbocycles. The van der Waals surface area contributed by atoms with Crippen LogP contribution in [0.15, 0.2) is 4.52 Å². The van der Waals surface area contributed by atoms with Gasteiger partial charge in [-0.25, -0.2) is 0 Å². The average molecular weight is 374 g/mol. The summed E-state index contributed by atoms with van der Waals surface area (Å²) in [5, 5.41) is 8.36. The lowest BCUT2D eigenvalue weighted by atomic mass is 9.99. The van der Waals surface area contributed by atoms with Crippen LogP contribution in [0.5, 0.6) is 0 Å². The van der Waals surface area contributed by atoms with Gasteiger partial charge < -0.3 is 14.2 Å². The first-order chi connectivity index (χ1) is 12.9. The summed E-state index contributed by atoms with van der Waals surface area (Å²) in [6, 6.07) is 0. The second-order valence-corrected chi connectivity index (χ2v) is 7.43. The van der Waals surface area contributed by atoms with Crippen LogP contribution in [0.2, 0.25) is 0 Å². The summed E-state index contributed by atoms with van der Waals surface area (Å²) in [5.41, 5.74) is 2.63. The lowest BCUT2D eigenvalue weighted by Crippen LogP contribution is -2.48. The third-order valence-electron chi connectivity index (χ3n) is 5.30. The second-order valence-electron chi connectivity index (χ2n) is 7.43. The summed E-state index contributed by atoms with van der Waals surface area (Å²) in [7, 11) is 1.88.